The maximum atomic E-state index is 12.8. The van der Waals surface area contributed by atoms with Crippen molar-refractivity contribution in [3.8, 4) is 11.4 Å². The van der Waals surface area contributed by atoms with Gasteiger partial charge in [-0.05, 0) is 45.0 Å². The Kier molecular flexibility index (Phi) is 2.54. The fourth-order valence-corrected chi connectivity index (χ4v) is 1.66. The van der Waals surface area contributed by atoms with E-state index in [-0.39, 0.29) is 11.4 Å². The molecule has 0 aliphatic heterocycles. The Hall–Kier alpha value is -1.64. The van der Waals surface area contributed by atoms with Crippen LogP contribution in [0.1, 0.15) is 20.8 Å². The van der Waals surface area contributed by atoms with Crippen molar-refractivity contribution in [1.82, 2.24) is 9.55 Å². The second kappa shape index (κ2) is 3.74. The molecule has 0 bridgehead atoms. The quantitative estimate of drug-likeness (QED) is 0.717. The second-order valence-corrected chi connectivity index (χ2v) is 4.80. The molecule has 0 aliphatic carbocycles. The SMILES string of the molecule is CC(C)(C)n1ccnc1-c1ccc(F)cc1. The third-order valence-electron chi connectivity index (χ3n) is 2.47. The van der Waals surface area contributed by atoms with Crippen molar-refractivity contribution >= 4 is 0 Å². The van der Waals surface area contributed by atoms with E-state index in [0.717, 1.165) is 11.4 Å². The molecule has 0 N–H and O–H groups in total. The van der Waals surface area contributed by atoms with Gasteiger partial charge < -0.3 is 4.57 Å². The van der Waals surface area contributed by atoms with Gasteiger partial charge in [0.2, 0.25) is 0 Å². The van der Waals surface area contributed by atoms with E-state index in [1.165, 1.54) is 12.1 Å². The molecule has 1 heterocycles. The van der Waals surface area contributed by atoms with Gasteiger partial charge in [0.15, 0.2) is 0 Å². The summed E-state index contributed by atoms with van der Waals surface area (Å²) in [5.74, 6) is 0.644. The molecule has 2 nitrogen and oxygen atoms in total. The van der Waals surface area contributed by atoms with Gasteiger partial charge in [0, 0.05) is 23.5 Å². The van der Waals surface area contributed by atoms with Gasteiger partial charge in [-0.15, -0.1) is 0 Å². The predicted molar refractivity (Wildman–Crippen MR) is 62.6 cm³/mol. The summed E-state index contributed by atoms with van der Waals surface area (Å²) < 4.78 is 14.9. The monoisotopic (exact) mass is 218 g/mol. The molecule has 2 aromatic rings. The second-order valence-electron chi connectivity index (χ2n) is 4.80. The van der Waals surface area contributed by atoms with Crippen LogP contribution in [-0.4, -0.2) is 9.55 Å². The Morgan fingerprint density at radius 2 is 1.75 bits per heavy atom. The molecule has 0 atom stereocenters. The van der Waals surface area contributed by atoms with Crippen LogP contribution in [0.2, 0.25) is 0 Å². The number of hydrogen-bond acceptors (Lipinski definition) is 1. The smallest absolute Gasteiger partial charge is 0.140 e. The zero-order chi connectivity index (χ0) is 11.8. The molecule has 0 saturated heterocycles. The Labute approximate surface area is 94.8 Å². The Balaban J connectivity index is 2.49. The van der Waals surface area contributed by atoms with Crippen LogP contribution in [0.25, 0.3) is 11.4 Å². The van der Waals surface area contributed by atoms with E-state index in [9.17, 15) is 4.39 Å². The fraction of sp³-hybridized carbons (Fsp3) is 0.308. The summed E-state index contributed by atoms with van der Waals surface area (Å²) in [6.07, 6.45) is 3.71. The van der Waals surface area contributed by atoms with Crippen molar-refractivity contribution in [2.24, 2.45) is 0 Å². The van der Waals surface area contributed by atoms with Crippen molar-refractivity contribution in [1.29, 1.82) is 0 Å². The van der Waals surface area contributed by atoms with Gasteiger partial charge >= 0.3 is 0 Å². The number of nitrogens with zero attached hydrogens (tertiary/aromatic N) is 2. The van der Waals surface area contributed by atoms with Gasteiger partial charge in [-0.3, -0.25) is 0 Å². The van der Waals surface area contributed by atoms with Crippen molar-refractivity contribution in [2.45, 2.75) is 26.3 Å². The molecule has 1 aromatic carbocycles. The highest BCUT2D eigenvalue weighted by Gasteiger charge is 2.17. The van der Waals surface area contributed by atoms with Crippen LogP contribution in [0.4, 0.5) is 4.39 Å². The predicted octanol–water partition coefficient (Wildman–Crippen LogP) is 3.44. The highest BCUT2D eigenvalue weighted by Crippen LogP contribution is 2.24. The average Bonchev–Trinajstić information content (AvgIpc) is 2.66. The highest BCUT2D eigenvalue weighted by molar-refractivity contribution is 5.55. The van der Waals surface area contributed by atoms with Gasteiger partial charge in [-0.1, -0.05) is 0 Å². The van der Waals surface area contributed by atoms with Crippen LogP contribution < -0.4 is 0 Å². The average molecular weight is 218 g/mol. The topological polar surface area (TPSA) is 17.8 Å². The summed E-state index contributed by atoms with van der Waals surface area (Å²) in [5, 5.41) is 0. The van der Waals surface area contributed by atoms with Crippen LogP contribution in [0, 0.1) is 5.82 Å². The Morgan fingerprint density at radius 3 is 2.31 bits per heavy atom. The number of benzene rings is 1. The van der Waals surface area contributed by atoms with E-state index in [4.69, 9.17) is 0 Å². The lowest BCUT2D eigenvalue weighted by Crippen LogP contribution is -2.21. The number of halogens is 1. The van der Waals surface area contributed by atoms with E-state index < -0.39 is 0 Å². The third kappa shape index (κ3) is 1.98. The normalized spacial score (nSPS) is 11.8. The minimum atomic E-state index is -0.224. The van der Waals surface area contributed by atoms with E-state index in [1.807, 2.05) is 6.20 Å². The largest absolute Gasteiger partial charge is 0.326 e. The van der Waals surface area contributed by atoms with Crippen LogP contribution in [0.5, 0.6) is 0 Å². The third-order valence-corrected chi connectivity index (χ3v) is 2.47. The van der Waals surface area contributed by atoms with Gasteiger partial charge in [0.1, 0.15) is 11.6 Å². The molecular formula is C13H15FN2. The molecule has 84 valence electrons. The number of rotatable bonds is 1. The first-order chi connectivity index (χ1) is 7.48. The summed E-state index contributed by atoms with van der Waals surface area (Å²) in [6, 6.07) is 6.41. The summed E-state index contributed by atoms with van der Waals surface area (Å²) in [7, 11) is 0. The molecular weight excluding hydrogens is 203 g/mol. The first-order valence-electron chi connectivity index (χ1n) is 5.28. The van der Waals surface area contributed by atoms with Gasteiger partial charge in [-0.25, -0.2) is 9.37 Å². The highest BCUT2D eigenvalue weighted by atomic mass is 19.1. The Morgan fingerprint density at radius 1 is 1.12 bits per heavy atom. The van der Waals surface area contributed by atoms with E-state index >= 15 is 0 Å². The van der Waals surface area contributed by atoms with Gasteiger partial charge in [0.05, 0.1) is 0 Å². The summed E-state index contributed by atoms with van der Waals surface area (Å²) in [4.78, 5) is 4.32. The lowest BCUT2D eigenvalue weighted by Gasteiger charge is -2.23. The summed E-state index contributed by atoms with van der Waals surface area (Å²) in [6.45, 7) is 6.34. The minimum absolute atomic E-state index is 0.0276. The molecule has 0 spiro atoms. The maximum absolute atomic E-state index is 12.8. The lowest BCUT2D eigenvalue weighted by atomic mass is 10.1. The molecule has 16 heavy (non-hydrogen) atoms. The molecule has 0 unspecified atom stereocenters. The molecule has 3 heteroatoms. The van der Waals surface area contributed by atoms with Crippen LogP contribution in [-0.2, 0) is 5.54 Å². The van der Waals surface area contributed by atoms with Crippen molar-refractivity contribution in [3.63, 3.8) is 0 Å². The number of imidazole rings is 1. The molecule has 0 radical (unpaired) electrons. The molecule has 1 aromatic heterocycles. The van der Waals surface area contributed by atoms with E-state index in [1.54, 1.807) is 18.3 Å². The summed E-state index contributed by atoms with van der Waals surface area (Å²) in [5.41, 5.74) is 0.904. The van der Waals surface area contributed by atoms with Crippen molar-refractivity contribution in [2.75, 3.05) is 0 Å². The van der Waals surface area contributed by atoms with Crippen molar-refractivity contribution in [3.05, 3.63) is 42.5 Å². The van der Waals surface area contributed by atoms with Gasteiger partial charge in [-0.2, -0.15) is 0 Å². The minimum Gasteiger partial charge on any atom is -0.326 e. The van der Waals surface area contributed by atoms with Crippen molar-refractivity contribution < 1.29 is 4.39 Å². The molecule has 0 fully saturated rings. The molecule has 0 saturated carbocycles. The van der Waals surface area contributed by atoms with E-state index in [2.05, 4.69) is 30.3 Å². The Bertz CT molecular complexity index is 477. The van der Waals surface area contributed by atoms with Crippen LogP contribution >= 0.6 is 0 Å². The number of hydrogen-bond donors (Lipinski definition) is 0. The number of aromatic nitrogens is 2. The zero-order valence-corrected chi connectivity index (χ0v) is 9.74. The lowest BCUT2D eigenvalue weighted by molar-refractivity contribution is 0.401. The van der Waals surface area contributed by atoms with Gasteiger partial charge in [0.25, 0.3) is 0 Å². The van der Waals surface area contributed by atoms with E-state index in [0.29, 0.717) is 0 Å². The first kappa shape index (κ1) is 10.9. The summed E-state index contributed by atoms with van der Waals surface area (Å²) >= 11 is 0. The molecule has 2 rings (SSSR count). The molecule has 0 aliphatic rings. The molecule has 0 amide bonds. The first-order valence-corrected chi connectivity index (χ1v) is 5.28. The zero-order valence-electron chi connectivity index (χ0n) is 9.74. The maximum Gasteiger partial charge on any atom is 0.140 e. The van der Waals surface area contributed by atoms with Crippen LogP contribution in [0.15, 0.2) is 36.7 Å². The van der Waals surface area contributed by atoms with Crippen LogP contribution in [0.3, 0.4) is 0 Å². The fourth-order valence-electron chi connectivity index (χ4n) is 1.66. The standard InChI is InChI=1S/C13H15FN2/c1-13(2,3)16-9-8-15-12(16)10-4-6-11(14)7-5-10/h4-9H,1-3H3.